The molecule has 5 rings (SSSR count). The molecule has 0 fully saturated rings. The van der Waals surface area contributed by atoms with Crippen LogP contribution in [0.1, 0.15) is 16.7 Å². The number of hydrogen-bond donors (Lipinski definition) is 2. The van der Waals surface area contributed by atoms with Crippen LogP contribution in [0.15, 0.2) is 46.4 Å². The van der Waals surface area contributed by atoms with Crippen molar-refractivity contribution in [1.29, 1.82) is 0 Å². The molecule has 0 spiro atoms. The summed E-state index contributed by atoms with van der Waals surface area (Å²) in [6, 6.07) is 4.80. The molecule has 2 aromatic carbocycles. The summed E-state index contributed by atoms with van der Waals surface area (Å²) in [4.78, 5) is 14.2. The van der Waals surface area contributed by atoms with E-state index in [9.17, 15) is 17.2 Å². The van der Waals surface area contributed by atoms with Gasteiger partial charge in [-0.25, -0.2) is 26.6 Å². The molecule has 1 aromatic heterocycles. The van der Waals surface area contributed by atoms with Crippen molar-refractivity contribution in [1.82, 2.24) is 9.97 Å². The highest BCUT2D eigenvalue weighted by Gasteiger charge is 2.33. The molecule has 2 aliphatic rings. The maximum absolute atomic E-state index is 15.8. The molecule has 3 aromatic rings. The second-order valence-electron chi connectivity index (χ2n) is 7.94. The molecule has 0 radical (unpaired) electrons. The number of hydrogen-bond acceptors (Lipinski definition) is 7. The molecule has 0 bridgehead atoms. The first-order valence-electron chi connectivity index (χ1n) is 10.6. The number of aromatic nitrogens is 2. The van der Waals surface area contributed by atoms with Gasteiger partial charge in [-0.15, -0.1) is 0 Å². The Bertz CT molecular complexity index is 1540. The summed E-state index contributed by atoms with van der Waals surface area (Å²) >= 11 is 0. The molecule has 3 heterocycles. The van der Waals surface area contributed by atoms with E-state index < -0.39 is 38.1 Å². The van der Waals surface area contributed by atoms with E-state index >= 15 is 4.39 Å². The Labute approximate surface area is 199 Å². The first kappa shape index (κ1) is 22.8. The summed E-state index contributed by atoms with van der Waals surface area (Å²) in [6.45, 7) is 2.68. The van der Waals surface area contributed by atoms with Crippen molar-refractivity contribution in [2.75, 3.05) is 35.1 Å². The predicted molar refractivity (Wildman–Crippen MR) is 127 cm³/mol. The lowest BCUT2D eigenvalue weighted by atomic mass is 9.94. The average molecular weight is 501 g/mol. The molecule has 0 atom stereocenters. The smallest absolute Gasteiger partial charge is 0.265 e. The van der Waals surface area contributed by atoms with Gasteiger partial charge in [-0.1, -0.05) is 6.07 Å². The van der Waals surface area contributed by atoms with Crippen LogP contribution in [0.4, 0.5) is 30.6 Å². The number of aliphatic imine (C=N–C) groups is 1. The summed E-state index contributed by atoms with van der Waals surface area (Å²) in [5, 5.41) is 2.88. The Hall–Kier alpha value is -3.93. The number of sulfonamides is 1. The van der Waals surface area contributed by atoms with Gasteiger partial charge in [0.2, 0.25) is 5.95 Å². The number of halogens is 3. The highest BCUT2D eigenvalue weighted by molar-refractivity contribution is 7.92. The zero-order chi connectivity index (χ0) is 24.9. The molecule has 0 unspecified atom stereocenters. The van der Waals surface area contributed by atoms with Crippen LogP contribution in [-0.2, 0) is 10.0 Å². The highest BCUT2D eigenvalue weighted by atomic mass is 32.2. The molecule has 2 N–H and O–H groups in total. The van der Waals surface area contributed by atoms with Gasteiger partial charge in [-0.2, -0.15) is 4.98 Å². The van der Waals surface area contributed by atoms with Gasteiger partial charge in [0.05, 0.1) is 12.2 Å². The van der Waals surface area contributed by atoms with E-state index in [0.29, 0.717) is 59.5 Å². The van der Waals surface area contributed by atoms with Crippen molar-refractivity contribution < 1.29 is 21.6 Å². The minimum absolute atomic E-state index is 0.124. The van der Waals surface area contributed by atoms with Crippen LogP contribution in [0.2, 0.25) is 0 Å². The number of anilines is 3. The Kier molecular flexibility index (Phi) is 5.47. The quantitative estimate of drug-likeness (QED) is 0.553. The third-order valence-electron chi connectivity index (χ3n) is 5.70. The predicted octanol–water partition coefficient (Wildman–Crippen LogP) is 3.82. The number of aryl methyl sites for hydroxylation is 1. The second-order valence-corrected chi connectivity index (χ2v) is 9.59. The molecule has 35 heavy (non-hydrogen) atoms. The van der Waals surface area contributed by atoms with Crippen molar-refractivity contribution in [3.05, 3.63) is 70.7 Å². The van der Waals surface area contributed by atoms with E-state index in [-0.39, 0.29) is 5.56 Å². The number of nitrogens with one attached hydrogen (secondary N) is 2. The van der Waals surface area contributed by atoms with Crippen LogP contribution < -0.4 is 14.9 Å². The SMILES string of the molecule is CNc1ncc2c(n1)N1CCN=C1C(c1c(C)ccc(NS(=O)(=O)c3cc(F)ccc3F)c1F)=C2. The summed E-state index contributed by atoms with van der Waals surface area (Å²) < 4.78 is 71.1. The van der Waals surface area contributed by atoms with E-state index in [2.05, 4.69) is 20.3 Å². The minimum Gasteiger partial charge on any atom is -0.357 e. The standard InChI is InChI=1S/C23H19F3N6O2S/c1-12-3-6-17(31-35(33,34)18-10-14(24)4-5-16(18)25)20(26)19(12)15-9-13-11-29-23(27-2)30-21(13)32-8-7-28-22(15)32/h3-6,9-11,31H,7-8H2,1-2H3,(H,27,29,30). The van der Waals surface area contributed by atoms with Gasteiger partial charge in [0.15, 0.2) is 5.82 Å². The van der Waals surface area contributed by atoms with Crippen molar-refractivity contribution in [2.45, 2.75) is 11.8 Å². The lowest BCUT2D eigenvalue weighted by molar-refractivity contribution is 0.555. The van der Waals surface area contributed by atoms with Gasteiger partial charge < -0.3 is 10.2 Å². The van der Waals surface area contributed by atoms with Gasteiger partial charge in [0.1, 0.15) is 28.2 Å². The van der Waals surface area contributed by atoms with Crippen LogP contribution in [0.5, 0.6) is 0 Å². The number of fused-ring (bicyclic) bond motifs is 3. The number of benzene rings is 2. The molecular formula is C23H19F3N6O2S. The van der Waals surface area contributed by atoms with Crippen LogP contribution in [0.25, 0.3) is 11.6 Å². The second kappa shape index (κ2) is 8.38. The van der Waals surface area contributed by atoms with Crippen molar-refractivity contribution in [3.63, 3.8) is 0 Å². The highest BCUT2D eigenvalue weighted by Crippen LogP contribution is 2.38. The molecule has 0 saturated carbocycles. The molecular weight excluding hydrogens is 481 g/mol. The molecule has 0 aliphatic carbocycles. The first-order valence-corrected chi connectivity index (χ1v) is 12.0. The normalized spacial score (nSPS) is 14.7. The molecule has 0 amide bonds. The Morgan fingerprint density at radius 2 is 1.91 bits per heavy atom. The van der Waals surface area contributed by atoms with Crippen LogP contribution in [0.3, 0.4) is 0 Å². The Morgan fingerprint density at radius 1 is 1.11 bits per heavy atom. The van der Waals surface area contributed by atoms with Crippen molar-refractivity contribution in [2.24, 2.45) is 4.99 Å². The summed E-state index contributed by atoms with van der Waals surface area (Å²) in [7, 11) is -2.92. The fourth-order valence-electron chi connectivity index (χ4n) is 4.07. The third-order valence-corrected chi connectivity index (χ3v) is 7.08. The zero-order valence-corrected chi connectivity index (χ0v) is 19.4. The largest absolute Gasteiger partial charge is 0.357 e. The van der Waals surface area contributed by atoms with Crippen molar-refractivity contribution in [3.8, 4) is 0 Å². The average Bonchev–Trinajstić information content (AvgIpc) is 3.33. The fraction of sp³-hybridized carbons (Fsp3) is 0.174. The Balaban J connectivity index is 1.61. The van der Waals surface area contributed by atoms with E-state index in [1.165, 1.54) is 12.1 Å². The number of nitrogens with zero attached hydrogens (tertiary/aromatic N) is 4. The minimum atomic E-state index is -4.62. The van der Waals surface area contributed by atoms with Gasteiger partial charge in [-0.05, 0) is 42.8 Å². The molecule has 12 heteroatoms. The van der Waals surface area contributed by atoms with Crippen LogP contribution in [-0.4, -0.2) is 44.4 Å². The topological polar surface area (TPSA) is 99.6 Å². The number of amidine groups is 1. The lowest BCUT2D eigenvalue weighted by Gasteiger charge is -2.28. The van der Waals surface area contributed by atoms with Gasteiger partial charge in [0.25, 0.3) is 10.0 Å². The van der Waals surface area contributed by atoms with Gasteiger partial charge >= 0.3 is 0 Å². The Morgan fingerprint density at radius 3 is 2.69 bits per heavy atom. The fourth-order valence-corrected chi connectivity index (χ4v) is 5.22. The van der Waals surface area contributed by atoms with E-state index in [1.807, 2.05) is 9.62 Å². The van der Waals surface area contributed by atoms with Crippen LogP contribution >= 0.6 is 0 Å². The monoisotopic (exact) mass is 500 g/mol. The molecule has 180 valence electrons. The first-order chi connectivity index (χ1) is 16.7. The number of rotatable bonds is 5. The van der Waals surface area contributed by atoms with E-state index in [4.69, 9.17) is 0 Å². The summed E-state index contributed by atoms with van der Waals surface area (Å²) in [5.74, 6) is -1.42. The van der Waals surface area contributed by atoms with Gasteiger partial charge in [0, 0.05) is 36.5 Å². The molecule has 8 nitrogen and oxygen atoms in total. The van der Waals surface area contributed by atoms with E-state index in [1.54, 1.807) is 26.2 Å². The third kappa shape index (κ3) is 3.89. The maximum atomic E-state index is 15.8. The van der Waals surface area contributed by atoms with Gasteiger partial charge in [-0.3, -0.25) is 9.71 Å². The zero-order valence-electron chi connectivity index (χ0n) is 18.6. The molecule has 2 aliphatic heterocycles. The van der Waals surface area contributed by atoms with Crippen LogP contribution in [0, 0.1) is 24.4 Å². The maximum Gasteiger partial charge on any atom is 0.265 e. The van der Waals surface area contributed by atoms with Crippen molar-refractivity contribution >= 4 is 45.0 Å². The van der Waals surface area contributed by atoms with E-state index in [0.717, 1.165) is 6.07 Å². The summed E-state index contributed by atoms with van der Waals surface area (Å²) in [5.41, 5.74) is 1.32. The summed E-state index contributed by atoms with van der Waals surface area (Å²) in [6.07, 6.45) is 3.31. The molecule has 0 saturated heterocycles. The lowest BCUT2D eigenvalue weighted by Crippen LogP contribution is -2.33.